The predicted octanol–water partition coefficient (Wildman–Crippen LogP) is 14.4. The highest BCUT2D eigenvalue weighted by atomic mass is 14.7. The molecule has 266 valence electrons. The molecule has 0 spiro atoms. The Bertz CT molecular complexity index is 2590. The van der Waals surface area contributed by atoms with Crippen LogP contribution in [-0.4, -0.2) is 9.97 Å². The number of aryl methyl sites for hydroxylation is 2. The standard InChI is InChI=1S/C54H40N2/c1-37-14-9-11-22-49(37)41-28-24-39(25-29-41)47-33-51(43-16-5-3-6-17-43)55-53(35-47)45-20-13-21-46(32-45)54-36-48(34-52(56-54)44-18-7-4-8-19-44)40-26-30-42(31-27-40)50-23-12-10-15-38(50)2/h3-36H,1-2H3. The molecule has 2 aromatic heterocycles. The Labute approximate surface area is 329 Å². The van der Waals surface area contributed by atoms with Crippen LogP contribution in [0.3, 0.4) is 0 Å². The lowest BCUT2D eigenvalue weighted by Crippen LogP contribution is -1.94. The van der Waals surface area contributed by atoms with Gasteiger partial charge in [-0.3, -0.25) is 0 Å². The summed E-state index contributed by atoms with van der Waals surface area (Å²) in [4.78, 5) is 10.5. The number of hydrogen-bond acceptors (Lipinski definition) is 2. The van der Waals surface area contributed by atoms with Gasteiger partial charge in [0, 0.05) is 22.3 Å². The zero-order valence-electron chi connectivity index (χ0n) is 31.5. The maximum atomic E-state index is 5.26. The van der Waals surface area contributed by atoms with Crippen LogP contribution in [-0.2, 0) is 0 Å². The summed E-state index contributed by atoms with van der Waals surface area (Å²) in [6.45, 7) is 4.33. The molecule has 0 atom stereocenters. The second-order valence-corrected chi connectivity index (χ2v) is 14.4. The van der Waals surface area contributed by atoms with Crippen molar-refractivity contribution in [2.24, 2.45) is 0 Å². The minimum Gasteiger partial charge on any atom is -0.248 e. The van der Waals surface area contributed by atoms with Crippen molar-refractivity contribution in [3.8, 4) is 89.5 Å². The number of hydrogen-bond donors (Lipinski definition) is 0. The van der Waals surface area contributed by atoms with Gasteiger partial charge in [-0.05, 0) is 99.8 Å². The summed E-state index contributed by atoms with van der Waals surface area (Å²) in [5, 5.41) is 0. The molecule has 0 N–H and O–H groups in total. The summed E-state index contributed by atoms with van der Waals surface area (Å²) >= 11 is 0. The van der Waals surface area contributed by atoms with Gasteiger partial charge in [-0.2, -0.15) is 0 Å². The number of nitrogens with zero attached hydrogens (tertiary/aromatic N) is 2. The van der Waals surface area contributed by atoms with Gasteiger partial charge in [0.1, 0.15) is 0 Å². The molecule has 0 aliphatic heterocycles. The first-order valence-corrected chi connectivity index (χ1v) is 19.1. The fourth-order valence-corrected chi connectivity index (χ4v) is 7.52. The topological polar surface area (TPSA) is 25.8 Å². The molecular weight excluding hydrogens is 677 g/mol. The molecular formula is C54H40N2. The van der Waals surface area contributed by atoms with Crippen LogP contribution in [0.2, 0.25) is 0 Å². The molecule has 0 aliphatic carbocycles. The molecule has 0 amide bonds. The number of benzene rings is 7. The average Bonchev–Trinajstić information content (AvgIpc) is 3.27. The summed E-state index contributed by atoms with van der Waals surface area (Å²) in [6.07, 6.45) is 0. The lowest BCUT2D eigenvalue weighted by molar-refractivity contribution is 1.31. The number of aromatic nitrogens is 2. The van der Waals surface area contributed by atoms with Crippen molar-refractivity contribution < 1.29 is 0 Å². The van der Waals surface area contributed by atoms with Gasteiger partial charge in [0.15, 0.2) is 0 Å². The lowest BCUT2D eigenvalue weighted by atomic mass is 9.95. The fraction of sp³-hybridized carbons (Fsp3) is 0.0370. The van der Waals surface area contributed by atoms with Gasteiger partial charge < -0.3 is 0 Å². The molecule has 7 aromatic carbocycles. The first-order valence-electron chi connectivity index (χ1n) is 19.1. The van der Waals surface area contributed by atoms with Crippen LogP contribution < -0.4 is 0 Å². The molecule has 0 unspecified atom stereocenters. The Morgan fingerprint density at radius 2 is 0.554 bits per heavy atom. The first kappa shape index (κ1) is 34.6. The SMILES string of the molecule is Cc1ccccc1-c1ccc(-c2cc(-c3ccccc3)nc(-c3cccc(-c4cc(-c5ccc(-c6ccccc6C)cc5)cc(-c5ccccc5)n4)c3)c2)cc1. The van der Waals surface area contributed by atoms with Crippen molar-refractivity contribution in [1.29, 1.82) is 0 Å². The maximum Gasteiger partial charge on any atom is 0.0715 e. The largest absolute Gasteiger partial charge is 0.248 e. The molecule has 0 aliphatic rings. The van der Waals surface area contributed by atoms with Crippen LogP contribution in [0.1, 0.15) is 11.1 Å². The van der Waals surface area contributed by atoms with Crippen molar-refractivity contribution in [3.63, 3.8) is 0 Å². The Kier molecular flexibility index (Phi) is 9.45. The third kappa shape index (κ3) is 7.21. The van der Waals surface area contributed by atoms with Gasteiger partial charge in [0.05, 0.1) is 22.8 Å². The monoisotopic (exact) mass is 716 g/mol. The van der Waals surface area contributed by atoms with Crippen molar-refractivity contribution in [1.82, 2.24) is 9.97 Å². The lowest BCUT2D eigenvalue weighted by Gasteiger charge is -2.13. The summed E-state index contributed by atoms with van der Waals surface area (Å²) in [6, 6.07) is 73.2. The molecule has 9 aromatic rings. The van der Waals surface area contributed by atoms with E-state index in [1.807, 2.05) is 12.1 Å². The highest BCUT2D eigenvalue weighted by Gasteiger charge is 2.14. The van der Waals surface area contributed by atoms with E-state index in [1.165, 1.54) is 33.4 Å². The van der Waals surface area contributed by atoms with Crippen LogP contribution in [0, 0.1) is 13.8 Å². The molecule has 9 rings (SSSR count). The maximum absolute atomic E-state index is 5.26. The smallest absolute Gasteiger partial charge is 0.0715 e. The second-order valence-electron chi connectivity index (χ2n) is 14.4. The molecule has 2 nitrogen and oxygen atoms in total. The van der Waals surface area contributed by atoms with Crippen LogP contribution >= 0.6 is 0 Å². The van der Waals surface area contributed by atoms with Gasteiger partial charge in [-0.1, -0.05) is 176 Å². The Balaban J connectivity index is 1.13. The van der Waals surface area contributed by atoms with Gasteiger partial charge in [-0.25, -0.2) is 9.97 Å². The van der Waals surface area contributed by atoms with E-state index in [2.05, 4.69) is 208 Å². The van der Waals surface area contributed by atoms with E-state index in [0.717, 1.165) is 67.3 Å². The van der Waals surface area contributed by atoms with Crippen LogP contribution in [0.25, 0.3) is 89.5 Å². The number of rotatable bonds is 8. The molecule has 56 heavy (non-hydrogen) atoms. The normalized spacial score (nSPS) is 11.0. The average molecular weight is 717 g/mol. The third-order valence-electron chi connectivity index (χ3n) is 10.6. The Morgan fingerprint density at radius 3 is 0.946 bits per heavy atom. The van der Waals surface area contributed by atoms with Gasteiger partial charge in [0.25, 0.3) is 0 Å². The number of pyridine rings is 2. The van der Waals surface area contributed by atoms with Crippen LogP contribution in [0.5, 0.6) is 0 Å². The molecule has 0 fully saturated rings. The van der Waals surface area contributed by atoms with E-state index in [-0.39, 0.29) is 0 Å². The van der Waals surface area contributed by atoms with Crippen LogP contribution in [0.4, 0.5) is 0 Å². The van der Waals surface area contributed by atoms with E-state index < -0.39 is 0 Å². The summed E-state index contributed by atoms with van der Waals surface area (Å²) < 4.78 is 0. The van der Waals surface area contributed by atoms with Crippen molar-refractivity contribution >= 4 is 0 Å². The van der Waals surface area contributed by atoms with Gasteiger partial charge >= 0.3 is 0 Å². The van der Waals surface area contributed by atoms with Gasteiger partial charge in [0.2, 0.25) is 0 Å². The first-order chi connectivity index (χ1) is 27.6. The third-order valence-corrected chi connectivity index (χ3v) is 10.6. The zero-order valence-corrected chi connectivity index (χ0v) is 31.5. The van der Waals surface area contributed by atoms with Crippen molar-refractivity contribution in [3.05, 3.63) is 217 Å². The molecule has 0 saturated carbocycles. The second kappa shape index (κ2) is 15.3. The Morgan fingerprint density at radius 1 is 0.232 bits per heavy atom. The molecule has 2 heterocycles. The molecule has 2 heteroatoms. The van der Waals surface area contributed by atoms with E-state index >= 15 is 0 Å². The zero-order chi connectivity index (χ0) is 37.8. The van der Waals surface area contributed by atoms with Crippen molar-refractivity contribution in [2.75, 3.05) is 0 Å². The molecule has 0 radical (unpaired) electrons. The predicted molar refractivity (Wildman–Crippen MR) is 235 cm³/mol. The summed E-state index contributed by atoms with van der Waals surface area (Å²) in [5.41, 5.74) is 19.9. The molecule has 0 bridgehead atoms. The van der Waals surface area contributed by atoms with Gasteiger partial charge in [-0.15, -0.1) is 0 Å². The minimum atomic E-state index is 0.914. The minimum absolute atomic E-state index is 0.914. The summed E-state index contributed by atoms with van der Waals surface area (Å²) in [5.74, 6) is 0. The highest BCUT2D eigenvalue weighted by Crippen LogP contribution is 2.36. The van der Waals surface area contributed by atoms with E-state index in [4.69, 9.17) is 9.97 Å². The molecule has 0 saturated heterocycles. The van der Waals surface area contributed by atoms with E-state index in [9.17, 15) is 0 Å². The van der Waals surface area contributed by atoms with Crippen LogP contribution in [0.15, 0.2) is 206 Å². The highest BCUT2D eigenvalue weighted by molar-refractivity contribution is 5.82. The van der Waals surface area contributed by atoms with E-state index in [0.29, 0.717) is 0 Å². The van der Waals surface area contributed by atoms with Crippen molar-refractivity contribution in [2.45, 2.75) is 13.8 Å². The fourth-order valence-electron chi connectivity index (χ4n) is 7.52. The van der Waals surface area contributed by atoms with E-state index in [1.54, 1.807) is 0 Å². The quantitative estimate of drug-likeness (QED) is 0.156. The Hall–Kier alpha value is -7.16. The summed E-state index contributed by atoms with van der Waals surface area (Å²) in [7, 11) is 0.